The molecule has 6 nitrogen and oxygen atoms in total. The van der Waals surface area contributed by atoms with Gasteiger partial charge >= 0.3 is 0 Å². The summed E-state index contributed by atoms with van der Waals surface area (Å²) in [6.07, 6.45) is 6.94. The molecule has 0 spiro atoms. The largest absolute Gasteiger partial charge is 0.504 e. The third-order valence-electron chi connectivity index (χ3n) is 7.52. The van der Waals surface area contributed by atoms with Crippen molar-refractivity contribution < 1.29 is 19.4 Å². The van der Waals surface area contributed by atoms with Gasteiger partial charge in [-0.15, -0.1) is 22.7 Å². The first-order valence-corrected chi connectivity index (χ1v) is 15.6. The van der Waals surface area contributed by atoms with Crippen molar-refractivity contribution in [2.75, 3.05) is 38.2 Å². The lowest BCUT2D eigenvalue weighted by Gasteiger charge is -2.36. The minimum atomic E-state index is -0.133. The lowest BCUT2D eigenvalue weighted by atomic mass is 10.0. The molecule has 216 valence electrons. The first-order chi connectivity index (χ1) is 20.3. The number of aromatic hydroxyl groups is 1. The molecule has 8 heteroatoms. The summed E-state index contributed by atoms with van der Waals surface area (Å²) < 4.78 is 5.40. The average Bonchev–Trinajstić information content (AvgIpc) is 3.62. The van der Waals surface area contributed by atoms with Gasteiger partial charge in [0.2, 0.25) is 0 Å². The molecule has 0 unspecified atom stereocenters. The fourth-order valence-corrected chi connectivity index (χ4v) is 6.57. The quantitative estimate of drug-likeness (QED) is 0.153. The maximum Gasteiger partial charge on any atom is 0.186 e. The molecule has 1 saturated heterocycles. The van der Waals surface area contributed by atoms with Gasteiger partial charge in [-0.3, -0.25) is 14.5 Å². The summed E-state index contributed by atoms with van der Waals surface area (Å²) in [4.78, 5) is 32.3. The van der Waals surface area contributed by atoms with Crippen LogP contribution < -0.4 is 9.64 Å². The summed E-state index contributed by atoms with van der Waals surface area (Å²) in [7, 11) is 1.50. The maximum atomic E-state index is 13.0. The van der Waals surface area contributed by atoms with E-state index in [0.717, 1.165) is 47.2 Å². The van der Waals surface area contributed by atoms with E-state index < -0.39 is 0 Å². The number of phenols is 1. The summed E-state index contributed by atoms with van der Waals surface area (Å²) >= 11 is 3.22. The van der Waals surface area contributed by atoms with Gasteiger partial charge in [-0.1, -0.05) is 0 Å². The Labute approximate surface area is 254 Å². The van der Waals surface area contributed by atoms with E-state index in [-0.39, 0.29) is 17.3 Å². The van der Waals surface area contributed by atoms with Gasteiger partial charge in [-0.05, 0) is 109 Å². The molecule has 0 atom stereocenters. The van der Waals surface area contributed by atoms with Crippen LogP contribution in [0.4, 0.5) is 5.69 Å². The molecule has 42 heavy (non-hydrogen) atoms. The number of hydrogen-bond acceptors (Lipinski definition) is 8. The van der Waals surface area contributed by atoms with Crippen LogP contribution in [0.15, 0.2) is 71.4 Å². The molecule has 1 N–H and O–H groups in total. The number of ether oxygens (including phenoxy) is 1. The van der Waals surface area contributed by atoms with E-state index in [9.17, 15) is 14.7 Å². The standard InChI is InChI=1S/C34H34N2O4S2/c1-23-12-18-41-32(23)10-8-29(37)25-4-6-28(7-5-25)36-16-14-35(15-17-36)22-27-20-26(21-31(40-3)34(27)39)30(38)9-11-33-24(2)13-19-42-33/h4-13,18-21,39H,14-17,22H2,1-3H3/b10-8+,11-9+. The Hall–Kier alpha value is -3.98. The fraction of sp³-hybridized carbons (Fsp3) is 0.235. The third-order valence-corrected chi connectivity index (χ3v) is 9.49. The number of thiophene rings is 2. The van der Waals surface area contributed by atoms with Gasteiger partial charge in [0, 0.05) is 64.9 Å². The number of piperazine rings is 1. The number of hydrogen-bond donors (Lipinski definition) is 1. The van der Waals surface area contributed by atoms with Crippen LogP contribution >= 0.6 is 22.7 Å². The number of methoxy groups -OCH3 is 1. The number of carbonyl (C=O) groups is 2. The van der Waals surface area contributed by atoms with Crippen LogP contribution in [-0.4, -0.2) is 54.9 Å². The molecule has 2 aromatic carbocycles. The molecular weight excluding hydrogens is 565 g/mol. The highest BCUT2D eigenvalue weighted by molar-refractivity contribution is 7.11. The first kappa shape index (κ1) is 29.5. The monoisotopic (exact) mass is 598 g/mol. The van der Waals surface area contributed by atoms with E-state index in [4.69, 9.17) is 4.74 Å². The van der Waals surface area contributed by atoms with Gasteiger partial charge in [0.25, 0.3) is 0 Å². The number of carbonyl (C=O) groups excluding carboxylic acids is 2. The minimum absolute atomic E-state index is 0.00718. The molecule has 1 fully saturated rings. The van der Waals surface area contributed by atoms with Crippen molar-refractivity contribution in [1.29, 1.82) is 0 Å². The van der Waals surface area contributed by atoms with Crippen molar-refractivity contribution in [3.63, 3.8) is 0 Å². The Morgan fingerprint density at radius 2 is 1.40 bits per heavy atom. The zero-order chi connectivity index (χ0) is 29.6. The van der Waals surface area contributed by atoms with Gasteiger partial charge in [-0.2, -0.15) is 0 Å². The van der Waals surface area contributed by atoms with Crippen molar-refractivity contribution in [3.05, 3.63) is 109 Å². The topological polar surface area (TPSA) is 70.1 Å². The zero-order valence-corrected chi connectivity index (χ0v) is 25.6. The number of benzene rings is 2. The predicted molar refractivity (Wildman–Crippen MR) is 173 cm³/mol. The number of nitrogens with zero attached hydrogens (tertiary/aromatic N) is 2. The summed E-state index contributed by atoms with van der Waals surface area (Å²) in [5, 5.41) is 14.9. The van der Waals surface area contributed by atoms with Crippen LogP contribution in [0.1, 0.15) is 47.2 Å². The van der Waals surface area contributed by atoms with E-state index in [1.807, 2.05) is 73.2 Å². The van der Waals surface area contributed by atoms with Crippen LogP contribution in [0.2, 0.25) is 0 Å². The lowest BCUT2D eigenvalue weighted by molar-refractivity contribution is 0.103. The molecule has 1 aliphatic rings. The van der Waals surface area contributed by atoms with Crippen molar-refractivity contribution >= 4 is 52.1 Å². The van der Waals surface area contributed by atoms with E-state index in [1.165, 1.54) is 12.7 Å². The molecule has 4 aromatic rings. The highest BCUT2D eigenvalue weighted by Crippen LogP contribution is 2.33. The van der Waals surface area contributed by atoms with E-state index in [1.54, 1.807) is 47.0 Å². The Kier molecular flexibility index (Phi) is 9.37. The smallest absolute Gasteiger partial charge is 0.186 e. The second-order valence-electron chi connectivity index (χ2n) is 10.3. The zero-order valence-electron chi connectivity index (χ0n) is 24.0. The molecular formula is C34H34N2O4S2. The first-order valence-electron chi connectivity index (χ1n) is 13.8. The SMILES string of the molecule is COc1cc(C(=O)/C=C/c2sccc2C)cc(CN2CCN(c3ccc(C(=O)/C=C/c4sccc4C)cc3)CC2)c1O. The van der Waals surface area contributed by atoms with Crippen molar-refractivity contribution in [3.8, 4) is 11.5 Å². The normalized spacial score (nSPS) is 14.2. The number of ketones is 2. The Balaban J connectivity index is 1.20. The second kappa shape index (κ2) is 13.3. The highest BCUT2D eigenvalue weighted by Gasteiger charge is 2.21. The van der Waals surface area contributed by atoms with Crippen LogP contribution in [0.5, 0.6) is 11.5 Å². The summed E-state index contributed by atoms with van der Waals surface area (Å²) in [5.74, 6) is 0.224. The molecule has 0 radical (unpaired) electrons. The fourth-order valence-electron chi connectivity index (χ4n) is 4.93. The molecule has 5 rings (SSSR count). The Morgan fingerprint density at radius 1 is 0.833 bits per heavy atom. The molecule has 3 heterocycles. The maximum absolute atomic E-state index is 13.0. The van der Waals surface area contributed by atoms with Gasteiger partial charge in [0.05, 0.1) is 7.11 Å². The Morgan fingerprint density at radius 3 is 1.93 bits per heavy atom. The lowest BCUT2D eigenvalue weighted by Crippen LogP contribution is -2.46. The molecule has 0 bridgehead atoms. The average molecular weight is 599 g/mol. The third kappa shape index (κ3) is 6.90. The number of phenolic OH excluding ortho intramolecular Hbond substituents is 1. The van der Waals surface area contributed by atoms with Gasteiger partial charge in [-0.25, -0.2) is 0 Å². The van der Waals surface area contributed by atoms with Gasteiger partial charge < -0.3 is 14.7 Å². The minimum Gasteiger partial charge on any atom is -0.504 e. The molecule has 2 aromatic heterocycles. The van der Waals surface area contributed by atoms with Crippen LogP contribution in [0, 0.1) is 13.8 Å². The summed E-state index contributed by atoms with van der Waals surface area (Å²) in [5.41, 5.74) is 5.20. The van der Waals surface area contributed by atoms with E-state index in [2.05, 4.69) is 9.80 Å². The van der Waals surface area contributed by atoms with Crippen molar-refractivity contribution in [2.24, 2.45) is 0 Å². The number of allylic oxidation sites excluding steroid dienone is 2. The van der Waals surface area contributed by atoms with Crippen LogP contribution in [0.3, 0.4) is 0 Å². The second-order valence-corrected chi connectivity index (χ2v) is 12.2. The van der Waals surface area contributed by atoms with E-state index >= 15 is 0 Å². The molecule has 0 saturated carbocycles. The van der Waals surface area contributed by atoms with E-state index in [0.29, 0.717) is 29.0 Å². The van der Waals surface area contributed by atoms with Crippen molar-refractivity contribution in [2.45, 2.75) is 20.4 Å². The van der Waals surface area contributed by atoms with Crippen LogP contribution in [-0.2, 0) is 6.54 Å². The summed E-state index contributed by atoms with van der Waals surface area (Å²) in [6, 6.07) is 15.2. The number of aryl methyl sites for hydroxylation is 2. The van der Waals surface area contributed by atoms with Crippen molar-refractivity contribution in [1.82, 2.24) is 4.90 Å². The molecule has 1 aliphatic heterocycles. The van der Waals surface area contributed by atoms with Gasteiger partial charge in [0.1, 0.15) is 0 Å². The number of anilines is 1. The summed E-state index contributed by atoms with van der Waals surface area (Å²) in [6.45, 7) is 7.77. The highest BCUT2D eigenvalue weighted by atomic mass is 32.1. The molecule has 0 aliphatic carbocycles. The molecule has 0 amide bonds. The Bertz CT molecular complexity index is 1620. The predicted octanol–water partition coefficient (Wildman–Crippen LogP) is 7.26. The number of rotatable bonds is 10. The van der Waals surface area contributed by atoms with Gasteiger partial charge in [0.15, 0.2) is 23.1 Å². The van der Waals surface area contributed by atoms with Crippen LogP contribution in [0.25, 0.3) is 12.2 Å².